The summed E-state index contributed by atoms with van der Waals surface area (Å²) in [5, 5.41) is 9.14. The normalized spacial score (nSPS) is 16.9. The topological polar surface area (TPSA) is 46.9 Å². The number of hydrogen-bond donors (Lipinski definition) is 1. The van der Waals surface area contributed by atoms with Crippen molar-refractivity contribution >= 4 is 52.5 Å². The molecule has 4 nitrogen and oxygen atoms in total. The molecule has 1 fully saturated rings. The average molecular weight is 550 g/mol. The van der Waals surface area contributed by atoms with E-state index in [0.29, 0.717) is 27.2 Å². The first-order chi connectivity index (χ1) is 17.9. The van der Waals surface area contributed by atoms with E-state index in [4.69, 9.17) is 28.3 Å². The monoisotopic (exact) mass is 549 g/mol. The first-order valence-electron chi connectivity index (χ1n) is 11.9. The van der Waals surface area contributed by atoms with Crippen molar-refractivity contribution in [2.45, 2.75) is 24.1 Å². The third-order valence-electron chi connectivity index (χ3n) is 6.78. The van der Waals surface area contributed by atoms with E-state index in [-0.39, 0.29) is 17.3 Å². The number of aromatic nitrogens is 2. The molecule has 0 saturated heterocycles. The smallest absolute Gasteiger partial charge is 0.271 e. The van der Waals surface area contributed by atoms with Crippen LogP contribution in [0.3, 0.4) is 0 Å². The van der Waals surface area contributed by atoms with E-state index in [1.807, 2.05) is 24.3 Å². The summed E-state index contributed by atoms with van der Waals surface area (Å²) in [4.78, 5) is 14.0. The molecule has 1 saturated carbocycles. The van der Waals surface area contributed by atoms with Gasteiger partial charge in [-0.15, -0.1) is 0 Å². The minimum atomic E-state index is -0.376. The van der Waals surface area contributed by atoms with Gasteiger partial charge in [0.15, 0.2) is 0 Å². The maximum Gasteiger partial charge on any atom is 0.271 e. The van der Waals surface area contributed by atoms with Crippen LogP contribution in [0.25, 0.3) is 17.3 Å². The van der Waals surface area contributed by atoms with Crippen LogP contribution < -0.4 is 5.32 Å². The molecule has 8 heteroatoms. The number of amides is 1. The van der Waals surface area contributed by atoms with Crippen LogP contribution in [-0.2, 0) is 11.3 Å². The zero-order valence-electron chi connectivity index (χ0n) is 19.7. The lowest BCUT2D eigenvalue weighted by Gasteiger charge is -2.20. The van der Waals surface area contributed by atoms with Crippen molar-refractivity contribution in [2.24, 2.45) is 0 Å². The van der Waals surface area contributed by atoms with Gasteiger partial charge in [0.2, 0.25) is 0 Å². The number of nitrogens with zero attached hydrogens (tertiary/aromatic N) is 2. The second-order valence-electron chi connectivity index (χ2n) is 9.30. The first-order valence-corrected chi connectivity index (χ1v) is 13.8. The number of nitrogens with one attached hydrogen (secondary N) is 1. The Morgan fingerprint density at radius 1 is 1.03 bits per heavy atom. The summed E-state index contributed by atoms with van der Waals surface area (Å²) in [6.07, 6.45) is 3.76. The lowest BCUT2D eigenvalue weighted by atomic mass is 10.0. The Kier molecular flexibility index (Phi) is 6.35. The predicted molar refractivity (Wildman–Crippen MR) is 149 cm³/mol. The summed E-state index contributed by atoms with van der Waals surface area (Å²) in [6, 6.07) is 21.6. The molecule has 0 bridgehead atoms. The van der Waals surface area contributed by atoms with Gasteiger partial charge < -0.3 is 5.32 Å². The van der Waals surface area contributed by atoms with Gasteiger partial charge in [0.25, 0.3) is 5.91 Å². The minimum absolute atomic E-state index is 0.190. The second-order valence-corrected chi connectivity index (χ2v) is 11.1. The SMILES string of the molecule is O=C(NC1(c2ccccc2)CC1)c1c2c(nn1-c1ccc(Cl)cc1Cl)/C(=C/c1ccc(F)cc1)CSC2. The number of carbonyl (C=O) groups is 1. The van der Waals surface area contributed by atoms with Gasteiger partial charge in [-0.1, -0.05) is 65.7 Å². The van der Waals surface area contributed by atoms with Gasteiger partial charge in [-0.2, -0.15) is 16.9 Å². The Balaban J connectivity index is 1.47. The van der Waals surface area contributed by atoms with Crippen molar-refractivity contribution in [2.75, 3.05) is 5.75 Å². The van der Waals surface area contributed by atoms with Crippen LogP contribution >= 0.6 is 35.0 Å². The predicted octanol–water partition coefficient (Wildman–Crippen LogP) is 7.52. The van der Waals surface area contributed by atoms with Crippen molar-refractivity contribution in [3.05, 3.63) is 117 Å². The summed E-state index contributed by atoms with van der Waals surface area (Å²) in [7, 11) is 0. The molecule has 0 unspecified atom stereocenters. The van der Waals surface area contributed by atoms with Crippen LogP contribution in [0.4, 0.5) is 4.39 Å². The summed E-state index contributed by atoms with van der Waals surface area (Å²) < 4.78 is 15.1. The molecule has 186 valence electrons. The lowest BCUT2D eigenvalue weighted by molar-refractivity contribution is 0.0922. The fraction of sp³-hybridized carbons (Fsp3) is 0.172. The molecule has 6 rings (SSSR count). The Labute approximate surface area is 228 Å². The van der Waals surface area contributed by atoms with E-state index in [1.165, 1.54) is 12.1 Å². The van der Waals surface area contributed by atoms with Gasteiger partial charge in [-0.25, -0.2) is 9.07 Å². The van der Waals surface area contributed by atoms with E-state index >= 15 is 0 Å². The Morgan fingerprint density at radius 2 is 1.78 bits per heavy atom. The standard InChI is InChI=1S/C29H22Cl2FN3OS/c30-21-8-11-25(24(31)15-21)35-27(28(36)33-29(12-13-29)20-4-2-1-3-5-20)23-17-37-16-19(26(23)34-35)14-18-6-9-22(32)10-7-18/h1-11,14-15H,12-13,16-17H2,(H,33,36)/b19-14+. The number of fused-ring (bicyclic) bond motifs is 1. The molecule has 2 aliphatic rings. The van der Waals surface area contributed by atoms with Gasteiger partial charge in [0, 0.05) is 22.1 Å². The molecular formula is C29H22Cl2FN3OS. The van der Waals surface area contributed by atoms with Gasteiger partial charge in [-0.3, -0.25) is 4.79 Å². The molecule has 1 aliphatic heterocycles. The lowest BCUT2D eigenvalue weighted by Crippen LogP contribution is -2.36. The number of carbonyl (C=O) groups excluding carboxylic acids is 1. The highest BCUT2D eigenvalue weighted by Crippen LogP contribution is 2.46. The molecule has 0 radical (unpaired) electrons. The fourth-order valence-electron chi connectivity index (χ4n) is 4.75. The summed E-state index contributed by atoms with van der Waals surface area (Å²) in [5.74, 6) is 0.895. The van der Waals surface area contributed by atoms with Crippen molar-refractivity contribution in [1.29, 1.82) is 0 Å². The Hall–Kier alpha value is -3.06. The maximum atomic E-state index is 14.0. The van der Waals surface area contributed by atoms with E-state index in [2.05, 4.69) is 17.4 Å². The number of benzene rings is 3. The molecule has 0 spiro atoms. The molecule has 1 N–H and O–H groups in total. The van der Waals surface area contributed by atoms with Gasteiger partial charge in [0.05, 0.1) is 21.9 Å². The van der Waals surface area contributed by atoms with Crippen LogP contribution in [0.2, 0.25) is 10.0 Å². The highest BCUT2D eigenvalue weighted by atomic mass is 35.5. The van der Waals surface area contributed by atoms with Crippen molar-refractivity contribution in [1.82, 2.24) is 15.1 Å². The van der Waals surface area contributed by atoms with Gasteiger partial charge >= 0.3 is 0 Å². The molecule has 0 atom stereocenters. The summed E-state index contributed by atoms with van der Waals surface area (Å²) in [6.45, 7) is 0. The van der Waals surface area contributed by atoms with Crippen molar-refractivity contribution < 1.29 is 9.18 Å². The molecule has 37 heavy (non-hydrogen) atoms. The van der Waals surface area contributed by atoms with Crippen LogP contribution in [0.15, 0.2) is 72.8 Å². The van der Waals surface area contributed by atoms with Crippen LogP contribution in [0, 0.1) is 5.82 Å². The van der Waals surface area contributed by atoms with Gasteiger partial charge in [-0.05, 0) is 65.9 Å². The number of halogens is 3. The summed E-state index contributed by atoms with van der Waals surface area (Å²) >= 11 is 14.5. The quantitative estimate of drug-likeness (QED) is 0.280. The first kappa shape index (κ1) is 24.3. The van der Waals surface area contributed by atoms with E-state index < -0.39 is 0 Å². The van der Waals surface area contributed by atoms with Crippen LogP contribution in [-0.4, -0.2) is 21.4 Å². The minimum Gasteiger partial charge on any atom is -0.341 e. The largest absolute Gasteiger partial charge is 0.341 e. The second kappa shape index (κ2) is 9.67. The highest BCUT2D eigenvalue weighted by Gasteiger charge is 2.46. The molecule has 4 aromatic rings. The van der Waals surface area contributed by atoms with Crippen molar-refractivity contribution in [3.63, 3.8) is 0 Å². The van der Waals surface area contributed by atoms with E-state index in [1.54, 1.807) is 46.8 Å². The molecule has 2 heterocycles. The van der Waals surface area contributed by atoms with Crippen molar-refractivity contribution in [3.8, 4) is 5.69 Å². The van der Waals surface area contributed by atoms with E-state index in [0.717, 1.165) is 46.6 Å². The fourth-order valence-corrected chi connectivity index (χ4v) is 6.26. The maximum absolute atomic E-state index is 14.0. The molecule has 1 amide bonds. The molecule has 1 aromatic heterocycles. The van der Waals surface area contributed by atoms with Crippen LogP contribution in [0.5, 0.6) is 0 Å². The third-order valence-corrected chi connectivity index (χ3v) is 8.33. The highest BCUT2D eigenvalue weighted by molar-refractivity contribution is 7.99. The van der Waals surface area contributed by atoms with E-state index in [9.17, 15) is 9.18 Å². The third kappa shape index (κ3) is 4.70. The number of rotatable bonds is 5. The molecular weight excluding hydrogens is 528 g/mol. The Morgan fingerprint density at radius 3 is 2.49 bits per heavy atom. The Bertz CT molecular complexity index is 1530. The zero-order valence-corrected chi connectivity index (χ0v) is 22.0. The molecule has 3 aromatic carbocycles. The molecule has 1 aliphatic carbocycles. The van der Waals surface area contributed by atoms with Gasteiger partial charge in [0.1, 0.15) is 11.5 Å². The zero-order chi connectivity index (χ0) is 25.6. The summed E-state index contributed by atoms with van der Waals surface area (Å²) in [5.41, 5.74) is 5.23. The number of hydrogen-bond acceptors (Lipinski definition) is 3. The number of thioether (sulfide) groups is 1. The average Bonchev–Trinajstić information content (AvgIpc) is 3.57. The van der Waals surface area contributed by atoms with Crippen LogP contribution in [0.1, 0.15) is 45.7 Å².